The fourth-order valence-electron chi connectivity index (χ4n) is 3.10. The Balaban J connectivity index is 1.78. The van der Waals surface area contributed by atoms with Gasteiger partial charge in [-0.1, -0.05) is 43.7 Å². The average molecular weight is 291 g/mol. The largest absolute Gasteiger partial charge is 0.389 e. The van der Waals surface area contributed by atoms with E-state index in [0.29, 0.717) is 12.6 Å². The van der Waals surface area contributed by atoms with E-state index in [4.69, 9.17) is 4.74 Å². The number of benzene rings is 1. The molecule has 0 unspecified atom stereocenters. The van der Waals surface area contributed by atoms with Crippen molar-refractivity contribution >= 4 is 0 Å². The molecular formula is C18H29NO2. The molecule has 118 valence electrons. The van der Waals surface area contributed by atoms with Gasteiger partial charge < -0.3 is 9.84 Å². The minimum Gasteiger partial charge on any atom is -0.389 e. The molecule has 1 saturated heterocycles. The fourth-order valence-corrected chi connectivity index (χ4v) is 3.10. The Morgan fingerprint density at radius 3 is 2.71 bits per heavy atom. The van der Waals surface area contributed by atoms with Crippen molar-refractivity contribution in [2.45, 2.75) is 57.8 Å². The molecule has 0 spiro atoms. The number of piperidine rings is 1. The van der Waals surface area contributed by atoms with Crippen molar-refractivity contribution < 1.29 is 9.84 Å². The molecule has 1 heterocycles. The van der Waals surface area contributed by atoms with E-state index in [2.05, 4.69) is 30.9 Å². The summed E-state index contributed by atoms with van der Waals surface area (Å²) in [5.74, 6) is 0. The van der Waals surface area contributed by atoms with Gasteiger partial charge in [-0.25, -0.2) is 0 Å². The highest BCUT2D eigenvalue weighted by atomic mass is 16.5. The van der Waals surface area contributed by atoms with Crippen molar-refractivity contribution in [1.82, 2.24) is 4.90 Å². The minimum absolute atomic E-state index is 0.0830. The van der Waals surface area contributed by atoms with Crippen molar-refractivity contribution in [2.75, 3.05) is 19.7 Å². The van der Waals surface area contributed by atoms with Crippen LogP contribution in [0.2, 0.25) is 0 Å². The third kappa shape index (κ3) is 5.10. The maximum absolute atomic E-state index is 10.2. The average Bonchev–Trinajstić information content (AvgIpc) is 2.51. The lowest BCUT2D eigenvalue weighted by atomic mass is 10.0. The summed E-state index contributed by atoms with van der Waals surface area (Å²) in [5, 5.41) is 10.2. The number of likely N-dealkylation sites (tertiary alicyclic amines) is 1. The zero-order valence-corrected chi connectivity index (χ0v) is 13.4. The van der Waals surface area contributed by atoms with Gasteiger partial charge in [0, 0.05) is 12.6 Å². The van der Waals surface area contributed by atoms with E-state index >= 15 is 0 Å². The summed E-state index contributed by atoms with van der Waals surface area (Å²) in [6.07, 6.45) is 4.42. The molecule has 1 N–H and O–H groups in total. The van der Waals surface area contributed by atoms with Crippen LogP contribution < -0.4 is 0 Å². The zero-order chi connectivity index (χ0) is 15.1. The van der Waals surface area contributed by atoms with E-state index in [0.717, 1.165) is 19.5 Å². The predicted octanol–water partition coefficient (Wildman–Crippen LogP) is 3.39. The molecule has 0 aromatic heterocycles. The highest BCUT2D eigenvalue weighted by Crippen LogP contribution is 2.21. The van der Waals surface area contributed by atoms with Crippen LogP contribution in [0.5, 0.6) is 0 Å². The van der Waals surface area contributed by atoms with Crippen LogP contribution in [0.3, 0.4) is 0 Å². The number of ether oxygens (including phenoxy) is 1. The summed E-state index contributed by atoms with van der Waals surface area (Å²) < 4.78 is 5.94. The second-order valence-electron chi connectivity index (χ2n) is 6.13. The third-order valence-corrected chi connectivity index (χ3v) is 4.42. The molecule has 0 saturated carbocycles. The Morgan fingerprint density at radius 2 is 2.05 bits per heavy atom. The molecule has 0 amide bonds. The van der Waals surface area contributed by atoms with Gasteiger partial charge in [-0.05, 0) is 38.3 Å². The first-order chi connectivity index (χ1) is 10.2. The van der Waals surface area contributed by atoms with Gasteiger partial charge in [0.15, 0.2) is 0 Å². The topological polar surface area (TPSA) is 32.7 Å². The van der Waals surface area contributed by atoms with Crippen LogP contribution in [0.4, 0.5) is 0 Å². The number of aliphatic hydroxyl groups is 1. The van der Waals surface area contributed by atoms with E-state index in [1.807, 2.05) is 18.2 Å². The van der Waals surface area contributed by atoms with Crippen molar-refractivity contribution in [3.63, 3.8) is 0 Å². The molecule has 21 heavy (non-hydrogen) atoms. The van der Waals surface area contributed by atoms with E-state index in [9.17, 15) is 5.11 Å². The van der Waals surface area contributed by atoms with Crippen LogP contribution in [0.1, 0.15) is 51.2 Å². The number of aliphatic hydroxyl groups excluding tert-OH is 1. The summed E-state index contributed by atoms with van der Waals surface area (Å²) >= 11 is 0. The predicted molar refractivity (Wildman–Crippen MR) is 86.3 cm³/mol. The van der Waals surface area contributed by atoms with E-state index in [1.54, 1.807) is 0 Å². The van der Waals surface area contributed by atoms with E-state index in [1.165, 1.54) is 24.8 Å². The van der Waals surface area contributed by atoms with Gasteiger partial charge >= 0.3 is 0 Å². The summed E-state index contributed by atoms with van der Waals surface area (Å²) in [7, 11) is 0. The Hall–Kier alpha value is -0.900. The van der Waals surface area contributed by atoms with Crippen LogP contribution >= 0.6 is 0 Å². The summed E-state index contributed by atoms with van der Waals surface area (Å²) in [5.41, 5.74) is 1.19. The lowest BCUT2D eigenvalue weighted by Crippen LogP contribution is -2.43. The molecule has 1 aliphatic rings. The maximum Gasteiger partial charge on any atom is 0.0900 e. The summed E-state index contributed by atoms with van der Waals surface area (Å²) in [6.45, 7) is 6.62. The second kappa shape index (κ2) is 8.52. The molecule has 1 fully saturated rings. The standard InChI is InChI=1S/C18H29NO2/c1-3-18(16-10-5-4-6-11-16)21-14-17(20)13-19-12-8-7-9-15(19)2/h4-6,10-11,15,17-18,20H,3,7-9,12-14H2,1-2H3/t15-,17+,18+/m0/s1. The highest BCUT2D eigenvalue weighted by Gasteiger charge is 2.21. The van der Waals surface area contributed by atoms with Crippen molar-refractivity contribution in [2.24, 2.45) is 0 Å². The van der Waals surface area contributed by atoms with E-state index < -0.39 is 6.10 Å². The van der Waals surface area contributed by atoms with Crippen LogP contribution in [0, 0.1) is 0 Å². The van der Waals surface area contributed by atoms with Crippen molar-refractivity contribution in [3.8, 4) is 0 Å². The summed E-state index contributed by atoms with van der Waals surface area (Å²) in [6, 6.07) is 10.9. The van der Waals surface area contributed by atoms with E-state index in [-0.39, 0.29) is 6.10 Å². The molecule has 0 aliphatic carbocycles. The lowest BCUT2D eigenvalue weighted by molar-refractivity contribution is -0.0303. The molecule has 1 aromatic rings. The van der Waals surface area contributed by atoms with Crippen LogP contribution in [-0.2, 0) is 4.74 Å². The smallest absolute Gasteiger partial charge is 0.0900 e. The maximum atomic E-state index is 10.2. The highest BCUT2D eigenvalue weighted by molar-refractivity contribution is 5.17. The minimum atomic E-state index is -0.400. The molecule has 1 aromatic carbocycles. The zero-order valence-electron chi connectivity index (χ0n) is 13.4. The Bertz CT molecular complexity index is 395. The van der Waals surface area contributed by atoms with Gasteiger partial charge in [0.1, 0.15) is 0 Å². The number of β-amino-alcohol motifs (C(OH)–C–C–N with tert-alkyl or cyclic N) is 1. The molecule has 1 aliphatic heterocycles. The number of nitrogens with zero attached hydrogens (tertiary/aromatic N) is 1. The molecule has 0 bridgehead atoms. The first kappa shape index (κ1) is 16.5. The van der Waals surface area contributed by atoms with Crippen LogP contribution in [0.25, 0.3) is 0 Å². The lowest BCUT2D eigenvalue weighted by Gasteiger charge is -2.34. The van der Waals surface area contributed by atoms with Gasteiger partial charge in [-0.2, -0.15) is 0 Å². The quantitative estimate of drug-likeness (QED) is 0.836. The monoisotopic (exact) mass is 291 g/mol. The van der Waals surface area contributed by atoms with Gasteiger partial charge in [-0.3, -0.25) is 4.90 Å². The van der Waals surface area contributed by atoms with Gasteiger partial charge in [0.2, 0.25) is 0 Å². The molecular weight excluding hydrogens is 262 g/mol. The van der Waals surface area contributed by atoms with Crippen LogP contribution in [0.15, 0.2) is 30.3 Å². The van der Waals surface area contributed by atoms with Crippen LogP contribution in [-0.4, -0.2) is 41.8 Å². The van der Waals surface area contributed by atoms with Gasteiger partial charge in [0.25, 0.3) is 0 Å². The molecule has 0 radical (unpaired) electrons. The molecule has 3 atom stereocenters. The molecule has 3 nitrogen and oxygen atoms in total. The SMILES string of the molecule is CC[C@@H](OC[C@H](O)CN1CCCC[C@@H]1C)c1ccccc1. The van der Waals surface area contributed by atoms with Crippen molar-refractivity contribution in [1.29, 1.82) is 0 Å². The van der Waals surface area contributed by atoms with Gasteiger partial charge in [-0.15, -0.1) is 0 Å². The Labute approximate surface area is 128 Å². The Morgan fingerprint density at radius 1 is 1.29 bits per heavy atom. The van der Waals surface area contributed by atoms with Gasteiger partial charge in [0.05, 0.1) is 18.8 Å². The summed E-state index contributed by atoms with van der Waals surface area (Å²) in [4.78, 5) is 2.39. The first-order valence-electron chi connectivity index (χ1n) is 8.29. The Kier molecular flexibility index (Phi) is 6.68. The van der Waals surface area contributed by atoms with Crippen molar-refractivity contribution in [3.05, 3.63) is 35.9 Å². The number of hydrogen-bond donors (Lipinski definition) is 1. The first-order valence-corrected chi connectivity index (χ1v) is 8.29. The molecule has 3 heteroatoms. The normalized spacial score (nSPS) is 22.9. The third-order valence-electron chi connectivity index (χ3n) is 4.42. The number of rotatable bonds is 7. The fraction of sp³-hybridized carbons (Fsp3) is 0.667. The second-order valence-corrected chi connectivity index (χ2v) is 6.13. The molecule has 2 rings (SSSR count). The number of hydrogen-bond acceptors (Lipinski definition) is 3.